The molecule has 0 saturated carbocycles. The van der Waals surface area contributed by atoms with Crippen molar-refractivity contribution in [1.82, 2.24) is 4.98 Å². The van der Waals surface area contributed by atoms with E-state index in [1.165, 1.54) is 0 Å². The largest absolute Gasteiger partial charge is 0.364 e. The number of rotatable bonds is 3. The van der Waals surface area contributed by atoms with E-state index in [9.17, 15) is 0 Å². The van der Waals surface area contributed by atoms with Gasteiger partial charge in [0.25, 0.3) is 0 Å². The number of nitrogens with zero attached hydrogens (tertiary/aromatic N) is 1. The van der Waals surface area contributed by atoms with Crippen LogP contribution in [0.4, 0.5) is 5.82 Å². The van der Waals surface area contributed by atoms with Crippen molar-refractivity contribution in [2.45, 2.75) is 19.4 Å². The minimum atomic E-state index is -0.138. The minimum absolute atomic E-state index is 0.138. The smallest absolute Gasteiger partial charge is 0.126 e. The van der Waals surface area contributed by atoms with Gasteiger partial charge in [0.05, 0.1) is 5.02 Å². The maximum atomic E-state index is 5.70. The van der Waals surface area contributed by atoms with Gasteiger partial charge in [-0.25, -0.2) is 4.98 Å². The number of nitrogens with one attached hydrogen (secondary N) is 1. The molecule has 0 atom stereocenters. The highest BCUT2D eigenvalue weighted by atomic mass is 35.5. The van der Waals surface area contributed by atoms with Gasteiger partial charge in [0.15, 0.2) is 0 Å². The predicted molar refractivity (Wildman–Crippen MR) is 56.0 cm³/mol. The molecule has 0 saturated heterocycles. The van der Waals surface area contributed by atoms with Crippen LogP contribution < -0.4 is 11.1 Å². The monoisotopic (exact) mass is 199 g/mol. The van der Waals surface area contributed by atoms with Crippen molar-refractivity contribution in [1.29, 1.82) is 0 Å². The highest BCUT2D eigenvalue weighted by Gasteiger charge is 2.14. The number of hydrogen-bond acceptors (Lipinski definition) is 3. The molecule has 4 heteroatoms. The van der Waals surface area contributed by atoms with Gasteiger partial charge >= 0.3 is 0 Å². The Kier molecular flexibility index (Phi) is 3.12. The molecule has 1 rings (SSSR count). The minimum Gasteiger partial charge on any atom is -0.364 e. The highest BCUT2D eigenvalue weighted by Crippen LogP contribution is 2.13. The zero-order valence-corrected chi connectivity index (χ0v) is 8.60. The molecule has 0 aromatic carbocycles. The van der Waals surface area contributed by atoms with E-state index in [2.05, 4.69) is 10.3 Å². The Labute approximate surface area is 83.3 Å². The van der Waals surface area contributed by atoms with Crippen molar-refractivity contribution in [3.8, 4) is 0 Å². The lowest BCUT2D eigenvalue weighted by molar-refractivity contribution is 0.577. The summed E-state index contributed by atoms with van der Waals surface area (Å²) in [4.78, 5) is 4.11. The van der Waals surface area contributed by atoms with E-state index in [4.69, 9.17) is 17.3 Å². The third-order valence-corrected chi connectivity index (χ3v) is 1.93. The zero-order valence-electron chi connectivity index (χ0n) is 7.84. The standard InChI is InChI=1S/C9H14ClN3/c1-9(2,6-11)13-8-4-3-7(10)5-12-8/h3-5H,6,11H2,1-2H3,(H,12,13). The maximum absolute atomic E-state index is 5.70. The summed E-state index contributed by atoms with van der Waals surface area (Å²) in [6.45, 7) is 4.59. The van der Waals surface area contributed by atoms with Crippen molar-refractivity contribution in [2.75, 3.05) is 11.9 Å². The number of anilines is 1. The number of hydrogen-bond donors (Lipinski definition) is 2. The van der Waals surface area contributed by atoms with Crippen molar-refractivity contribution >= 4 is 17.4 Å². The Morgan fingerprint density at radius 2 is 2.23 bits per heavy atom. The molecule has 0 aliphatic rings. The zero-order chi connectivity index (χ0) is 9.90. The van der Waals surface area contributed by atoms with Crippen LogP contribution in [0.5, 0.6) is 0 Å². The number of halogens is 1. The topological polar surface area (TPSA) is 50.9 Å². The van der Waals surface area contributed by atoms with Crippen LogP contribution in [0.3, 0.4) is 0 Å². The molecule has 0 unspecified atom stereocenters. The van der Waals surface area contributed by atoms with Gasteiger partial charge in [-0.1, -0.05) is 11.6 Å². The third kappa shape index (κ3) is 3.20. The van der Waals surface area contributed by atoms with Crippen LogP contribution in [0, 0.1) is 0 Å². The van der Waals surface area contributed by atoms with Crippen LogP contribution in [0.25, 0.3) is 0 Å². The molecule has 13 heavy (non-hydrogen) atoms. The SMILES string of the molecule is CC(C)(CN)Nc1ccc(Cl)cn1. The first-order valence-electron chi connectivity index (χ1n) is 4.13. The molecule has 0 bridgehead atoms. The summed E-state index contributed by atoms with van der Waals surface area (Å²) >= 11 is 5.70. The van der Waals surface area contributed by atoms with Gasteiger partial charge in [-0.2, -0.15) is 0 Å². The van der Waals surface area contributed by atoms with Crippen molar-refractivity contribution < 1.29 is 0 Å². The van der Waals surface area contributed by atoms with E-state index < -0.39 is 0 Å². The fourth-order valence-electron chi connectivity index (χ4n) is 0.847. The van der Waals surface area contributed by atoms with Gasteiger partial charge in [0.2, 0.25) is 0 Å². The summed E-state index contributed by atoms with van der Waals surface area (Å²) in [5.41, 5.74) is 5.43. The average Bonchev–Trinajstić information content (AvgIpc) is 2.09. The molecular formula is C9H14ClN3. The summed E-state index contributed by atoms with van der Waals surface area (Å²) < 4.78 is 0. The molecule has 1 aromatic heterocycles. The summed E-state index contributed by atoms with van der Waals surface area (Å²) in [6, 6.07) is 3.63. The molecule has 1 heterocycles. The molecular weight excluding hydrogens is 186 g/mol. The second kappa shape index (κ2) is 3.94. The first kappa shape index (κ1) is 10.3. The second-order valence-corrected chi connectivity index (χ2v) is 4.01. The Bertz CT molecular complexity index is 269. The van der Waals surface area contributed by atoms with Crippen LogP contribution in [0.2, 0.25) is 5.02 Å². The van der Waals surface area contributed by atoms with Crippen LogP contribution in [-0.2, 0) is 0 Å². The lowest BCUT2D eigenvalue weighted by atomic mass is 10.1. The molecule has 1 aromatic rings. The normalized spacial score (nSPS) is 11.4. The molecule has 72 valence electrons. The fourth-order valence-corrected chi connectivity index (χ4v) is 0.959. The third-order valence-electron chi connectivity index (χ3n) is 1.70. The summed E-state index contributed by atoms with van der Waals surface area (Å²) in [7, 11) is 0. The van der Waals surface area contributed by atoms with Gasteiger partial charge in [-0.05, 0) is 26.0 Å². The summed E-state index contributed by atoms with van der Waals surface area (Å²) in [5, 5.41) is 3.84. The van der Waals surface area contributed by atoms with Gasteiger partial charge in [0, 0.05) is 18.3 Å². The van der Waals surface area contributed by atoms with Crippen LogP contribution in [0.1, 0.15) is 13.8 Å². The maximum Gasteiger partial charge on any atom is 0.126 e. The number of pyridine rings is 1. The van der Waals surface area contributed by atoms with Crippen molar-refractivity contribution in [3.63, 3.8) is 0 Å². The molecule has 0 aliphatic carbocycles. The lowest BCUT2D eigenvalue weighted by Crippen LogP contribution is -2.39. The van der Waals surface area contributed by atoms with Crippen molar-refractivity contribution in [2.24, 2.45) is 5.73 Å². The highest BCUT2D eigenvalue weighted by molar-refractivity contribution is 6.30. The Morgan fingerprint density at radius 3 is 2.69 bits per heavy atom. The Hall–Kier alpha value is -0.800. The van der Waals surface area contributed by atoms with E-state index in [0.29, 0.717) is 11.6 Å². The molecule has 0 amide bonds. The number of nitrogens with two attached hydrogens (primary N) is 1. The van der Waals surface area contributed by atoms with Crippen LogP contribution >= 0.6 is 11.6 Å². The first-order valence-corrected chi connectivity index (χ1v) is 4.51. The first-order chi connectivity index (χ1) is 6.03. The van der Waals surface area contributed by atoms with E-state index in [1.54, 1.807) is 12.3 Å². The molecule has 0 spiro atoms. The van der Waals surface area contributed by atoms with E-state index in [-0.39, 0.29) is 5.54 Å². The van der Waals surface area contributed by atoms with Crippen molar-refractivity contribution in [3.05, 3.63) is 23.4 Å². The van der Waals surface area contributed by atoms with E-state index in [0.717, 1.165) is 5.82 Å². The molecule has 3 N–H and O–H groups in total. The second-order valence-electron chi connectivity index (χ2n) is 3.57. The quantitative estimate of drug-likeness (QED) is 0.782. The summed E-state index contributed by atoms with van der Waals surface area (Å²) in [5.74, 6) is 0.792. The Balaban J connectivity index is 2.69. The van der Waals surface area contributed by atoms with E-state index >= 15 is 0 Å². The Morgan fingerprint density at radius 1 is 1.54 bits per heavy atom. The number of aromatic nitrogens is 1. The molecule has 0 fully saturated rings. The summed E-state index contributed by atoms with van der Waals surface area (Å²) in [6.07, 6.45) is 1.61. The van der Waals surface area contributed by atoms with Gasteiger partial charge in [-0.15, -0.1) is 0 Å². The molecule has 3 nitrogen and oxygen atoms in total. The van der Waals surface area contributed by atoms with Crippen LogP contribution in [0.15, 0.2) is 18.3 Å². The van der Waals surface area contributed by atoms with Crippen LogP contribution in [-0.4, -0.2) is 17.1 Å². The van der Waals surface area contributed by atoms with Gasteiger partial charge < -0.3 is 11.1 Å². The predicted octanol–water partition coefficient (Wildman–Crippen LogP) is 1.88. The molecule has 0 radical (unpaired) electrons. The van der Waals surface area contributed by atoms with Gasteiger partial charge in [0.1, 0.15) is 5.82 Å². The van der Waals surface area contributed by atoms with E-state index in [1.807, 2.05) is 19.9 Å². The molecule has 0 aliphatic heterocycles. The fraction of sp³-hybridized carbons (Fsp3) is 0.444. The van der Waals surface area contributed by atoms with Gasteiger partial charge in [-0.3, -0.25) is 0 Å². The lowest BCUT2D eigenvalue weighted by Gasteiger charge is -2.24. The average molecular weight is 200 g/mol.